The van der Waals surface area contributed by atoms with Gasteiger partial charge in [0.2, 0.25) is 0 Å². The number of unbranched alkanes of at least 4 members (excludes halogenated alkanes) is 1. The zero-order chi connectivity index (χ0) is 24.8. The van der Waals surface area contributed by atoms with Crippen LogP contribution >= 0.6 is 0 Å². The Kier molecular flexibility index (Phi) is 9.58. The molecule has 0 rings (SSSR count). The van der Waals surface area contributed by atoms with Crippen LogP contribution in [0.1, 0.15) is 33.1 Å². The Bertz CT molecular complexity index is 647. The SMILES string of the molecule is CC(C)OC(=O)[C@H](CCCCNC(=O)C(F)(F)C(F)(F)F)NC(=O)C(F)(F)C(F)(F)F. The number of hydrogen-bond donors (Lipinski definition) is 2. The molecule has 1 atom stereocenters. The van der Waals surface area contributed by atoms with E-state index >= 15 is 0 Å². The van der Waals surface area contributed by atoms with Gasteiger partial charge in [-0.1, -0.05) is 0 Å². The lowest BCUT2D eigenvalue weighted by Crippen LogP contribution is -2.55. The third-order valence-corrected chi connectivity index (χ3v) is 3.43. The Morgan fingerprint density at radius 1 is 0.774 bits per heavy atom. The summed E-state index contributed by atoms with van der Waals surface area (Å²) in [6.45, 7) is 1.83. The molecule has 0 fully saturated rings. The van der Waals surface area contributed by atoms with Gasteiger partial charge in [0.15, 0.2) is 0 Å². The quantitative estimate of drug-likeness (QED) is 0.286. The molecule has 0 bridgehead atoms. The normalized spacial score (nSPS) is 14.2. The molecule has 16 heteroatoms. The fourth-order valence-corrected chi connectivity index (χ4v) is 1.86. The van der Waals surface area contributed by atoms with Crippen molar-refractivity contribution in [2.75, 3.05) is 6.54 Å². The summed E-state index contributed by atoms with van der Waals surface area (Å²) in [6, 6.07) is -2.00. The second-order valence-electron chi connectivity index (χ2n) is 6.41. The Morgan fingerprint density at radius 3 is 1.65 bits per heavy atom. The van der Waals surface area contributed by atoms with E-state index in [0.29, 0.717) is 0 Å². The van der Waals surface area contributed by atoms with Crippen LogP contribution in [0.2, 0.25) is 0 Å². The topological polar surface area (TPSA) is 84.5 Å². The lowest BCUT2D eigenvalue weighted by molar-refractivity contribution is -0.270. The van der Waals surface area contributed by atoms with Crippen LogP contribution in [-0.4, -0.2) is 60.7 Å². The third-order valence-electron chi connectivity index (χ3n) is 3.43. The highest BCUT2D eigenvalue weighted by Crippen LogP contribution is 2.36. The molecule has 0 spiro atoms. The number of hydrogen-bond acceptors (Lipinski definition) is 4. The van der Waals surface area contributed by atoms with E-state index in [1.807, 2.05) is 0 Å². The predicted octanol–water partition coefficient (Wildman–Crippen LogP) is 3.10. The molecule has 182 valence electrons. The van der Waals surface area contributed by atoms with Gasteiger partial charge in [0.25, 0.3) is 5.91 Å². The summed E-state index contributed by atoms with van der Waals surface area (Å²) in [4.78, 5) is 34.0. The number of halogens is 10. The number of carbonyl (C=O) groups excluding carboxylic acids is 3. The van der Waals surface area contributed by atoms with Crippen molar-refractivity contribution in [2.24, 2.45) is 0 Å². The minimum absolute atomic E-state index is 0.367. The Labute approximate surface area is 168 Å². The predicted molar refractivity (Wildman–Crippen MR) is 82.0 cm³/mol. The van der Waals surface area contributed by atoms with E-state index in [9.17, 15) is 58.3 Å². The highest BCUT2D eigenvalue weighted by Gasteiger charge is 2.64. The van der Waals surface area contributed by atoms with Crippen molar-refractivity contribution in [1.82, 2.24) is 10.6 Å². The number of rotatable bonds is 10. The summed E-state index contributed by atoms with van der Waals surface area (Å²) in [6.07, 6.45) is -14.6. The minimum atomic E-state index is -6.25. The first-order chi connectivity index (χ1) is 13.7. The van der Waals surface area contributed by atoms with Crippen LogP contribution in [0.3, 0.4) is 0 Å². The molecule has 31 heavy (non-hydrogen) atoms. The maximum Gasteiger partial charge on any atom is 0.463 e. The van der Waals surface area contributed by atoms with Crippen LogP contribution in [-0.2, 0) is 19.1 Å². The first-order valence-corrected chi connectivity index (χ1v) is 8.44. The smallest absolute Gasteiger partial charge is 0.461 e. The van der Waals surface area contributed by atoms with Crippen molar-refractivity contribution in [3.8, 4) is 0 Å². The van der Waals surface area contributed by atoms with Crippen LogP contribution in [0.25, 0.3) is 0 Å². The monoisotopic (exact) mass is 480 g/mol. The number of carbonyl (C=O) groups is 3. The van der Waals surface area contributed by atoms with Gasteiger partial charge in [0.1, 0.15) is 6.04 Å². The van der Waals surface area contributed by atoms with Gasteiger partial charge in [-0.3, -0.25) is 9.59 Å². The largest absolute Gasteiger partial charge is 0.463 e. The first-order valence-electron chi connectivity index (χ1n) is 8.44. The van der Waals surface area contributed by atoms with Crippen LogP contribution in [0.15, 0.2) is 0 Å². The Balaban J connectivity index is 4.94. The molecule has 0 heterocycles. The fourth-order valence-electron chi connectivity index (χ4n) is 1.86. The minimum Gasteiger partial charge on any atom is -0.461 e. The zero-order valence-electron chi connectivity index (χ0n) is 15.9. The molecule has 0 unspecified atom stereocenters. The third kappa shape index (κ3) is 8.05. The van der Waals surface area contributed by atoms with Gasteiger partial charge in [-0.05, 0) is 33.1 Å². The van der Waals surface area contributed by atoms with Crippen LogP contribution in [0.5, 0.6) is 0 Å². The van der Waals surface area contributed by atoms with E-state index in [1.165, 1.54) is 24.5 Å². The van der Waals surface area contributed by atoms with E-state index in [4.69, 9.17) is 0 Å². The van der Waals surface area contributed by atoms with Crippen LogP contribution in [0.4, 0.5) is 43.9 Å². The molecule has 0 saturated carbocycles. The Morgan fingerprint density at radius 2 is 1.23 bits per heavy atom. The number of amides is 2. The standard InChI is InChI=1S/C15H18F10N2O4/c1-7(2)31-9(28)8(27-11(30)13(18,19)15(23,24)25)5-3-4-6-26-10(29)12(16,17)14(20,21)22/h7-8H,3-6H2,1-2H3,(H,26,29)(H,27,30)/t8-/m0/s1. The van der Waals surface area contributed by atoms with Gasteiger partial charge < -0.3 is 15.4 Å². The highest BCUT2D eigenvalue weighted by atomic mass is 19.4. The van der Waals surface area contributed by atoms with Crippen LogP contribution < -0.4 is 10.6 Å². The molecule has 2 N–H and O–H groups in total. The van der Waals surface area contributed by atoms with Crippen molar-refractivity contribution in [3.05, 3.63) is 0 Å². The van der Waals surface area contributed by atoms with Crippen molar-refractivity contribution in [2.45, 2.75) is 69.5 Å². The average molecular weight is 480 g/mol. The van der Waals surface area contributed by atoms with Crippen LogP contribution in [0, 0.1) is 0 Å². The molecule has 0 aromatic rings. The molecule has 0 saturated heterocycles. The maximum atomic E-state index is 13.1. The summed E-state index contributed by atoms with van der Waals surface area (Å²) < 4.78 is 129. The molecule has 6 nitrogen and oxygen atoms in total. The summed E-state index contributed by atoms with van der Waals surface area (Å²) in [5, 5.41) is 2.44. The maximum absolute atomic E-state index is 13.1. The van der Waals surface area contributed by atoms with E-state index in [-0.39, 0.29) is 6.42 Å². The van der Waals surface area contributed by atoms with E-state index in [0.717, 1.165) is 0 Å². The van der Waals surface area contributed by atoms with Gasteiger partial charge in [-0.25, -0.2) is 4.79 Å². The van der Waals surface area contributed by atoms with Crippen molar-refractivity contribution < 1.29 is 63.0 Å². The van der Waals surface area contributed by atoms with Gasteiger partial charge in [-0.15, -0.1) is 0 Å². The summed E-state index contributed by atoms with van der Waals surface area (Å²) >= 11 is 0. The lowest BCUT2D eigenvalue weighted by atomic mass is 10.1. The fraction of sp³-hybridized carbons (Fsp3) is 0.800. The summed E-state index contributed by atoms with van der Waals surface area (Å²) in [7, 11) is 0. The molecule has 0 aliphatic heterocycles. The summed E-state index contributed by atoms with van der Waals surface area (Å²) in [5.74, 6) is -18.4. The zero-order valence-corrected chi connectivity index (χ0v) is 15.9. The van der Waals surface area contributed by atoms with E-state index in [2.05, 4.69) is 4.74 Å². The lowest BCUT2D eigenvalue weighted by Gasteiger charge is -2.23. The van der Waals surface area contributed by atoms with Crippen molar-refractivity contribution >= 4 is 17.8 Å². The second kappa shape index (κ2) is 10.3. The molecular formula is C15H18F10N2O4. The second-order valence-corrected chi connectivity index (χ2v) is 6.41. The molecule has 0 aliphatic rings. The van der Waals surface area contributed by atoms with Crippen molar-refractivity contribution in [3.63, 3.8) is 0 Å². The Hall–Kier alpha value is -2.29. The molecule has 0 aromatic carbocycles. The summed E-state index contributed by atoms with van der Waals surface area (Å²) in [5.41, 5.74) is 0. The van der Waals surface area contributed by atoms with Gasteiger partial charge in [-0.2, -0.15) is 43.9 Å². The first kappa shape index (κ1) is 28.7. The highest BCUT2D eigenvalue weighted by molar-refractivity contribution is 5.89. The molecule has 2 amide bonds. The van der Waals surface area contributed by atoms with Crippen molar-refractivity contribution in [1.29, 1.82) is 0 Å². The van der Waals surface area contributed by atoms with E-state index < -0.39 is 73.5 Å². The number of nitrogens with one attached hydrogen (secondary N) is 2. The van der Waals surface area contributed by atoms with Gasteiger partial charge in [0, 0.05) is 6.54 Å². The average Bonchev–Trinajstić information content (AvgIpc) is 2.57. The number of esters is 1. The van der Waals surface area contributed by atoms with Gasteiger partial charge in [0.05, 0.1) is 6.10 Å². The molecular weight excluding hydrogens is 462 g/mol. The van der Waals surface area contributed by atoms with Gasteiger partial charge >= 0.3 is 36.1 Å². The molecule has 0 radical (unpaired) electrons. The molecule has 0 aromatic heterocycles. The number of alkyl halides is 10. The molecule has 0 aliphatic carbocycles. The number of ether oxygens (including phenoxy) is 1. The van der Waals surface area contributed by atoms with E-state index in [1.54, 1.807) is 0 Å².